The fourth-order valence-electron chi connectivity index (χ4n) is 4.45. The summed E-state index contributed by atoms with van der Waals surface area (Å²) >= 11 is 0. The molecule has 0 unspecified atom stereocenters. The second-order valence-electron chi connectivity index (χ2n) is 9.43. The van der Waals surface area contributed by atoms with E-state index in [1.54, 1.807) is 53.4 Å². The molecule has 11 heteroatoms. The van der Waals surface area contributed by atoms with Crippen LogP contribution in [0.4, 0.5) is 26.2 Å². The SMILES string of the molecule is COCCN(CC(=O)Nc1ccc(N2CCN(C(=O)Nc3ccccc3F)CC2)cc1)C(=O)c1cccc(OC)c1. The normalized spacial score (nSPS) is 13.0. The average Bonchev–Trinajstić information content (AvgIpc) is 3.00. The highest BCUT2D eigenvalue weighted by Crippen LogP contribution is 2.21. The first kappa shape index (κ1) is 29.3. The molecule has 1 fully saturated rings. The summed E-state index contributed by atoms with van der Waals surface area (Å²) < 4.78 is 24.2. The van der Waals surface area contributed by atoms with Gasteiger partial charge in [-0.05, 0) is 54.6 Å². The molecule has 1 saturated heterocycles. The Labute approximate surface area is 238 Å². The molecule has 0 saturated carbocycles. The van der Waals surface area contributed by atoms with Crippen LogP contribution in [0.25, 0.3) is 0 Å². The van der Waals surface area contributed by atoms with Crippen molar-refractivity contribution in [3.8, 4) is 5.75 Å². The quantitative estimate of drug-likeness (QED) is 0.388. The third kappa shape index (κ3) is 7.95. The lowest BCUT2D eigenvalue weighted by Gasteiger charge is -2.36. The summed E-state index contributed by atoms with van der Waals surface area (Å²) in [6, 6.07) is 19.9. The molecule has 0 radical (unpaired) electrons. The Hall–Kier alpha value is -4.64. The van der Waals surface area contributed by atoms with Gasteiger partial charge in [0.15, 0.2) is 0 Å². The predicted molar refractivity (Wildman–Crippen MR) is 155 cm³/mol. The number of hydrogen-bond acceptors (Lipinski definition) is 6. The molecular formula is C30H34FN5O5. The summed E-state index contributed by atoms with van der Waals surface area (Å²) in [4.78, 5) is 43.7. The van der Waals surface area contributed by atoms with Gasteiger partial charge in [0.05, 0.1) is 19.4 Å². The minimum Gasteiger partial charge on any atom is -0.497 e. The molecule has 0 spiro atoms. The molecule has 2 N–H and O–H groups in total. The van der Waals surface area contributed by atoms with E-state index in [2.05, 4.69) is 15.5 Å². The number of methoxy groups -OCH3 is 2. The van der Waals surface area contributed by atoms with Crippen molar-refractivity contribution in [1.82, 2.24) is 9.80 Å². The van der Waals surface area contributed by atoms with Crippen molar-refractivity contribution in [2.24, 2.45) is 0 Å². The monoisotopic (exact) mass is 563 g/mol. The van der Waals surface area contributed by atoms with Crippen molar-refractivity contribution in [1.29, 1.82) is 0 Å². The maximum atomic E-state index is 13.9. The third-order valence-electron chi connectivity index (χ3n) is 6.70. The highest BCUT2D eigenvalue weighted by Gasteiger charge is 2.23. The number of ether oxygens (including phenoxy) is 2. The Bertz CT molecular complexity index is 1350. The van der Waals surface area contributed by atoms with Gasteiger partial charge >= 0.3 is 6.03 Å². The van der Waals surface area contributed by atoms with E-state index in [4.69, 9.17) is 9.47 Å². The number of nitrogens with one attached hydrogen (secondary N) is 2. The number of amides is 4. The molecule has 41 heavy (non-hydrogen) atoms. The Morgan fingerprint density at radius 3 is 2.32 bits per heavy atom. The standard InChI is InChI=1S/C30H34FN5O5/c1-40-19-18-36(29(38)22-6-5-7-25(20-22)41-2)21-28(37)32-23-10-12-24(13-11-23)34-14-16-35(17-15-34)30(39)33-27-9-4-3-8-26(27)31/h3-13,20H,14-19,21H2,1-2H3,(H,32,37)(H,33,39). The highest BCUT2D eigenvalue weighted by molar-refractivity contribution is 5.99. The van der Waals surface area contributed by atoms with Crippen LogP contribution < -0.4 is 20.3 Å². The fourth-order valence-corrected chi connectivity index (χ4v) is 4.45. The minimum absolute atomic E-state index is 0.141. The van der Waals surface area contributed by atoms with Gasteiger partial charge in [-0.25, -0.2) is 9.18 Å². The maximum Gasteiger partial charge on any atom is 0.322 e. The molecule has 3 aromatic carbocycles. The summed E-state index contributed by atoms with van der Waals surface area (Å²) in [6.45, 7) is 2.58. The molecule has 1 aliphatic heterocycles. The first-order chi connectivity index (χ1) is 19.9. The van der Waals surface area contributed by atoms with Crippen molar-refractivity contribution in [3.63, 3.8) is 0 Å². The van der Waals surface area contributed by atoms with Crippen LogP contribution in [0.5, 0.6) is 5.75 Å². The molecule has 3 aromatic rings. The van der Waals surface area contributed by atoms with E-state index in [0.717, 1.165) is 5.69 Å². The van der Waals surface area contributed by atoms with Gasteiger partial charge in [0, 0.05) is 56.8 Å². The molecule has 4 amide bonds. The zero-order valence-corrected chi connectivity index (χ0v) is 23.1. The summed E-state index contributed by atoms with van der Waals surface area (Å²) in [5.74, 6) is -0.551. The van der Waals surface area contributed by atoms with Gasteiger partial charge in [0.25, 0.3) is 5.91 Å². The summed E-state index contributed by atoms with van der Waals surface area (Å²) in [5, 5.41) is 5.47. The van der Waals surface area contributed by atoms with Gasteiger partial charge in [-0.15, -0.1) is 0 Å². The number of carbonyl (C=O) groups is 3. The van der Waals surface area contributed by atoms with Crippen LogP contribution in [0.3, 0.4) is 0 Å². The van der Waals surface area contributed by atoms with E-state index in [9.17, 15) is 18.8 Å². The van der Waals surface area contributed by atoms with Gasteiger partial charge < -0.3 is 34.8 Å². The van der Waals surface area contributed by atoms with E-state index in [1.807, 2.05) is 12.1 Å². The molecule has 10 nitrogen and oxygen atoms in total. The van der Waals surface area contributed by atoms with Crippen LogP contribution in [-0.4, -0.2) is 87.7 Å². The van der Waals surface area contributed by atoms with Crippen LogP contribution in [0.1, 0.15) is 10.4 Å². The fraction of sp³-hybridized carbons (Fsp3) is 0.300. The van der Waals surface area contributed by atoms with E-state index in [1.165, 1.54) is 31.3 Å². The molecule has 4 rings (SSSR count). The molecular weight excluding hydrogens is 529 g/mol. The van der Waals surface area contributed by atoms with Gasteiger partial charge in [0.1, 0.15) is 18.1 Å². The second kappa shape index (κ2) is 14.1. The first-order valence-corrected chi connectivity index (χ1v) is 13.3. The number of nitrogens with zero attached hydrogens (tertiary/aromatic N) is 3. The Morgan fingerprint density at radius 1 is 0.902 bits per heavy atom. The topological polar surface area (TPSA) is 103 Å². The Morgan fingerprint density at radius 2 is 1.63 bits per heavy atom. The minimum atomic E-state index is -0.474. The number of anilines is 3. The number of piperazine rings is 1. The van der Waals surface area contributed by atoms with Crippen molar-refractivity contribution in [2.45, 2.75) is 0 Å². The molecule has 1 aliphatic rings. The average molecular weight is 564 g/mol. The molecule has 216 valence electrons. The van der Waals surface area contributed by atoms with Crippen LogP contribution in [0.2, 0.25) is 0 Å². The zero-order chi connectivity index (χ0) is 29.2. The van der Waals surface area contributed by atoms with E-state index >= 15 is 0 Å². The van der Waals surface area contributed by atoms with Crippen LogP contribution in [0.15, 0.2) is 72.8 Å². The smallest absolute Gasteiger partial charge is 0.322 e. The van der Waals surface area contributed by atoms with E-state index in [0.29, 0.717) is 43.2 Å². The van der Waals surface area contributed by atoms with Crippen LogP contribution >= 0.6 is 0 Å². The third-order valence-corrected chi connectivity index (χ3v) is 6.70. The number of rotatable bonds is 10. The van der Waals surface area contributed by atoms with E-state index < -0.39 is 5.82 Å². The predicted octanol–water partition coefficient (Wildman–Crippen LogP) is 3.92. The molecule has 0 bridgehead atoms. The number of hydrogen-bond donors (Lipinski definition) is 2. The first-order valence-electron chi connectivity index (χ1n) is 13.3. The summed E-state index contributed by atoms with van der Waals surface area (Å²) in [7, 11) is 3.07. The number of para-hydroxylation sites is 1. The van der Waals surface area contributed by atoms with Crippen LogP contribution in [-0.2, 0) is 9.53 Å². The van der Waals surface area contributed by atoms with Gasteiger partial charge in [0.2, 0.25) is 5.91 Å². The Kier molecular flexibility index (Phi) is 10.1. The van der Waals surface area contributed by atoms with Crippen molar-refractivity contribution >= 4 is 34.9 Å². The molecule has 0 atom stereocenters. The largest absolute Gasteiger partial charge is 0.497 e. The maximum absolute atomic E-state index is 13.9. The lowest BCUT2D eigenvalue weighted by Crippen LogP contribution is -2.50. The number of urea groups is 1. The van der Waals surface area contributed by atoms with Crippen molar-refractivity contribution < 1.29 is 28.2 Å². The van der Waals surface area contributed by atoms with Crippen LogP contribution in [0, 0.1) is 5.82 Å². The van der Waals surface area contributed by atoms with E-state index in [-0.39, 0.29) is 43.2 Å². The Balaban J connectivity index is 1.29. The molecule has 0 aromatic heterocycles. The number of benzene rings is 3. The van der Waals surface area contributed by atoms with Gasteiger partial charge in [-0.2, -0.15) is 0 Å². The summed E-state index contributed by atoms with van der Waals surface area (Å²) in [6.07, 6.45) is 0. The van der Waals surface area contributed by atoms with Gasteiger partial charge in [-0.1, -0.05) is 18.2 Å². The van der Waals surface area contributed by atoms with Crippen molar-refractivity contribution in [3.05, 3.63) is 84.2 Å². The lowest BCUT2D eigenvalue weighted by atomic mass is 10.2. The second-order valence-corrected chi connectivity index (χ2v) is 9.43. The molecule has 0 aliphatic carbocycles. The number of halogens is 1. The van der Waals surface area contributed by atoms with Gasteiger partial charge in [-0.3, -0.25) is 9.59 Å². The highest BCUT2D eigenvalue weighted by atomic mass is 19.1. The zero-order valence-electron chi connectivity index (χ0n) is 23.1. The van der Waals surface area contributed by atoms with Crippen molar-refractivity contribution in [2.75, 3.05) is 75.6 Å². The number of carbonyl (C=O) groups excluding carboxylic acids is 3. The summed E-state index contributed by atoms with van der Waals surface area (Å²) in [5.41, 5.74) is 2.13. The lowest BCUT2D eigenvalue weighted by molar-refractivity contribution is -0.117. The molecule has 1 heterocycles.